The molecule has 0 bridgehead atoms. The molecule has 5 rings (SSSR count). The fourth-order valence-electron chi connectivity index (χ4n) is 4.72. The van der Waals surface area contributed by atoms with Gasteiger partial charge < -0.3 is 19.3 Å². The van der Waals surface area contributed by atoms with Crippen molar-refractivity contribution >= 4 is 23.5 Å². The number of hydrogen-bond donors (Lipinski definition) is 0. The zero-order valence-electron chi connectivity index (χ0n) is 21.9. The molecule has 2 fully saturated rings. The number of morpholine rings is 1. The van der Waals surface area contributed by atoms with Crippen molar-refractivity contribution in [3.05, 3.63) is 83.0 Å². The monoisotopic (exact) mass is 533 g/mol. The molecule has 0 N–H and O–H groups in total. The fourth-order valence-corrected chi connectivity index (χ4v) is 5.55. The van der Waals surface area contributed by atoms with Crippen LogP contribution in [-0.2, 0) is 28.4 Å². The highest BCUT2D eigenvalue weighted by molar-refractivity contribution is 7.98. The predicted molar refractivity (Wildman–Crippen MR) is 149 cm³/mol. The van der Waals surface area contributed by atoms with Crippen molar-refractivity contribution in [3.63, 3.8) is 0 Å². The van der Waals surface area contributed by atoms with Crippen LogP contribution >= 0.6 is 11.8 Å². The van der Waals surface area contributed by atoms with Crippen LogP contribution in [0.25, 0.3) is 0 Å². The van der Waals surface area contributed by atoms with Gasteiger partial charge >= 0.3 is 0 Å². The third kappa shape index (κ3) is 7.11. The van der Waals surface area contributed by atoms with Gasteiger partial charge in [-0.2, -0.15) is 0 Å². The van der Waals surface area contributed by atoms with E-state index in [1.807, 2.05) is 35.2 Å². The number of rotatable bonds is 9. The molecule has 3 aromatic rings. The van der Waals surface area contributed by atoms with Crippen LogP contribution in [0.3, 0.4) is 0 Å². The topological polar surface area (TPSA) is 71.0 Å². The quantitative estimate of drug-likeness (QED) is 0.305. The molecule has 38 heavy (non-hydrogen) atoms. The average Bonchev–Trinajstić information content (AvgIpc) is 2.97. The molecule has 9 heteroatoms. The van der Waals surface area contributed by atoms with Gasteiger partial charge in [0.2, 0.25) is 0 Å². The molecule has 0 atom stereocenters. The molecule has 1 aromatic heterocycles. The summed E-state index contributed by atoms with van der Waals surface area (Å²) < 4.78 is 10.7. The molecule has 0 radical (unpaired) electrons. The number of ether oxygens (including phenoxy) is 2. The van der Waals surface area contributed by atoms with E-state index in [9.17, 15) is 4.79 Å². The number of aromatic nitrogens is 2. The molecular formula is C29H35N5O3S. The first-order valence-corrected chi connectivity index (χ1v) is 14.1. The van der Waals surface area contributed by atoms with E-state index in [1.165, 1.54) is 5.56 Å². The van der Waals surface area contributed by atoms with Gasteiger partial charge in [0.05, 0.1) is 25.5 Å². The van der Waals surface area contributed by atoms with Crippen molar-refractivity contribution in [1.29, 1.82) is 0 Å². The van der Waals surface area contributed by atoms with Crippen LogP contribution in [0.2, 0.25) is 0 Å². The highest BCUT2D eigenvalue weighted by atomic mass is 32.2. The minimum absolute atomic E-state index is 0.0663. The van der Waals surface area contributed by atoms with Crippen molar-refractivity contribution < 1.29 is 14.3 Å². The number of hydrogen-bond acceptors (Lipinski definition) is 8. The lowest BCUT2D eigenvalue weighted by atomic mass is 10.1. The van der Waals surface area contributed by atoms with Gasteiger partial charge in [-0.1, -0.05) is 54.2 Å². The lowest BCUT2D eigenvalue weighted by molar-refractivity contribution is 0.0303. The molecule has 200 valence electrons. The van der Waals surface area contributed by atoms with Gasteiger partial charge in [0.1, 0.15) is 5.82 Å². The molecule has 1 amide bonds. The molecule has 2 aliphatic rings. The summed E-state index contributed by atoms with van der Waals surface area (Å²) in [4.78, 5) is 29.0. The summed E-state index contributed by atoms with van der Waals surface area (Å²) in [5.41, 5.74) is 4.08. The normalized spacial score (nSPS) is 16.6. The van der Waals surface area contributed by atoms with E-state index in [4.69, 9.17) is 19.4 Å². The number of amides is 1. The highest BCUT2D eigenvalue weighted by Gasteiger charge is 2.20. The number of piperazine rings is 1. The number of anilines is 1. The Morgan fingerprint density at radius 3 is 2.37 bits per heavy atom. The second-order valence-electron chi connectivity index (χ2n) is 9.57. The van der Waals surface area contributed by atoms with Crippen molar-refractivity contribution in [1.82, 2.24) is 19.8 Å². The Morgan fingerprint density at radius 2 is 1.66 bits per heavy atom. The van der Waals surface area contributed by atoms with Crippen molar-refractivity contribution in [2.45, 2.75) is 24.1 Å². The largest absolute Gasteiger partial charge is 0.378 e. The van der Waals surface area contributed by atoms with Gasteiger partial charge in [0.25, 0.3) is 5.91 Å². The van der Waals surface area contributed by atoms with E-state index in [-0.39, 0.29) is 5.91 Å². The molecule has 0 saturated carbocycles. The summed E-state index contributed by atoms with van der Waals surface area (Å²) in [6.45, 7) is 7.79. The van der Waals surface area contributed by atoms with Gasteiger partial charge in [0.15, 0.2) is 5.16 Å². The van der Waals surface area contributed by atoms with E-state index in [0.717, 1.165) is 60.7 Å². The Morgan fingerprint density at radius 1 is 0.921 bits per heavy atom. The summed E-state index contributed by atoms with van der Waals surface area (Å²) in [6, 6.07) is 20.6. The van der Waals surface area contributed by atoms with Gasteiger partial charge in [-0.05, 0) is 23.3 Å². The Kier molecular flexibility index (Phi) is 9.24. The second-order valence-corrected chi connectivity index (χ2v) is 10.5. The molecule has 0 unspecified atom stereocenters. The molecule has 2 aliphatic heterocycles. The van der Waals surface area contributed by atoms with Crippen LogP contribution in [0.4, 0.5) is 5.82 Å². The Hall–Kier alpha value is -2.98. The molecule has 8 nitrogen and oxygen atoms in total. The van der Waals surface area contributed by atoms with Crippen LogP contribution in [0, 0.1) is 0 Å². The van der Waals surface area contributed by atoms with Crippen LogP contribution in [0.15, 0.2) is 65.8 Å². The first kappa shape index (κ1) is 26.6. The van der Waals surface area contributed by atoms with Crippen LogP contribution in [0.1, 0.15) is 27.2 Å². The minimum Gasteiger partial charge on any atom is -0.378 e. The zero-order chi connectivity index (χ0) is 26.2. The number of carbonyl (C=O) groups excluding carboxylic acids is 1. The first-order chi connectivity index (χ1) is 18.7. The molecule has 0 spiro atoms. The summed E-state index contributed by atoms with van der Waals surface area (Å²) in [7, 11) is 1.69. The maximum Gasteiger partial charge on any atom is 0.254 e. The Labute approximate surface area is 229 Å². The molecule has 3 heterocycles. The van der Waals surface area contributed by atoms with E-state index in [1.54, 1.807) is 18.9 Å². The maximum absolute atomic E-state index is 12.7. The second kappa shape index (κ2) is 13.2. The van der Waals surface area contributed by atoms with Gasteiger partial charge in [-0.3, -0.25) is 9.69 Å². The molecule has 0 aliphatic carbocycles. The lowest BCUT2D eigenvalue weighted by Gasteiger charge is -2.35. The maximum atomic E-state index is 12.7. The SMILES string of the molecule is COCc1cc(N2CCN(Cc3ccccc3)CC2)nc(SCc2ccc(C(=O)N3CCOCC3)cc2)n1. The van der Waals surface area contributed by atoms with Gasteiger partial charge in [-0.15, -0.1) is 0 Å². The number of benzene rings is 2. The Bertz CT molecular complexity index is 1180. The summed E-state index contributed by atoms with van der Waals surface area (Å²) in [6.07, 6.45) is 0. The zero-order valence-corrected chi connectivity index (χ0v) is 22.7. The highest BCUT2D eigenvalue weighted by Crippen LogP contribution is 2.25. The van der Waals surface area contributed by atoms with Crippen molar-refractivity contribution in [2.75, 3.05) is 64.5 Å². The Balaban J connectivity index is 1.19. The van der Waals surface area contributed by atoms with E-state index in [0.29, 0.717) is 38.5 Å². The predicted octanol–water partition coefficient (Wildman–Crippen LogP) is 3.71. The fraction of sp³-hybridized carbons (Fsp3) is 0.414. The third-order valence-corrected chi connectivity index (χ3v) is 7.77. The van der Waals surface area contributed by atoms with Crippen molar-refractivity contribution in [2.24, 2.45) is 0 Å². The summed E-state index contributed by atoms with van der Waals surface area (Å²) >= 11 is 1.61. The first-order valence-electron chi connectivity index (χ1n) is 13.1. The van der Waals surface area contributed by atoms with Crippen molar-refractivity contribution in [3.8, 4) is 0 Å². The minimum atomic E-state index is 0.0663. The number of methoxy groups -OCH3 is 1. The third-order valence-electron chi connectivity index (χ3n) is 6.85. The summed E-state index contributed by atoms with van der Waals surface area (Å²) in [5, 5.41) is 0.745. The molecular weight excluding hydrogens is 498 g/mol. The molecule has 2 aromatic carbocycles. The lowest BCUT2D eigenvalue weighted by Crippen LogP contribution is -2.46. The number of thioether (sulfide) groups is 1. The van der Waals surface area contributed by atoms with E-state index >= 15 is 0 Å². The number of carbonyl (C=O) groups is 1. The van der Waals surface area contributed by atoms with Gasteiger partial charge in [0, 0.05) is 70.3 Å². The van der Waals surface area contributed by atoms with Crippen LogP contribution in [-0.4, -0.2) is 85.3 Å². The summed E-state index contributed by atoms with van der Waals surface area (Å²) in [5.74, 6) is 1.75. The standard InChI is InChI=1S/C29H35N5O3S/c1-36-21-26-19-27(33-13-11-32(12-14-33)20-23-5-3-2-4-6-23)31-29(30-26)38-22-24-7-9-25(10-8-24)28(35)34-15-17-37-18-16-34/h2-10,19H,11-18,20-22H2,1H3. The molecule has 2 saturated heterocycles. The van der Waals surface area contributed by atoms with E-state index < -0.39 is 0 Å². The van der Waals surface area contributed by atoms with Crippen LogP contribution < -0.4 is 4.90 Å². The van der Waals surface area contributed by atoms with Crippen LogP contribution in [0.5, 0.6) is 0 Å². The van der Waals surface area contributed by atoms with Gasteiger partial charge in [-0.25, -0.2) is 9.97 Å². The number of nitrogens with zero attached hydrogens (tertiary/aromatic N) is 5. The average molecular weight is 534 g/mol. The van der Waals surface area contributed by atoms with E-state index in [2.05, 4.69) is 40.1 Å². The smallest absolute Gasteiger partial charge is 0.254 e.